The van der Waals surface area contributed by atoms with Gasteiger partial charge in [-0.25, -0.2) is 4.79 Å². The minimum Gasteiger partial charge on any atom is -0.430 e. The number of rotatable bonds is 0. The molecule has 5 heteroatoms. The molecule has 1 atom stereocenters. The summed E-state index contributed by atoms with van der Waals surface area (Å²) >= 11 is 0. The molecule has 0 bridgehead atoms. The van der Waals surface area contributed by atoms with Gasteiger partial charge in [0.1, 0.15) is 6.61 Å². The van der Waals surface area contributed by atoms with Crippen molar-refractivity contribution >= 4 is 18.6 Å². The Kier molecular flexibility index (Phi) is 2.80. The highest BCUT2D eigenvalue weighted by Crippen LogP contribution is 2.26. The Balaban J connectivity index is 0.000000720. The molecule has 4 nitrogen and oxygen atoms in total. The molecule has 1 unspecified atom stereocenters. The predicted molar refractivity (Wildman–Crippen MR) is 44.5 cm³/mol. The lowest BCUT2D eigenvalue weighted by atomic mass is 9.95. The fraction of sp³-hybridized carbons (Fsp3) is 0.857. The maximum atomic E-state index is 10.6. The van der Waals surface area contributed by atoms with Crippen LogP contribution < -0.4 is 5.32 Å². The summed E-state index contributed by atoms with van der Waals surface area (Å²) in [6.07, 6.45) is 1.45. The van der Waals surface area contributed by atoms with E-state index in [0.29, 0.717) is 6.61 Å². The quantitative estimate of drug-likeness (QED) is 0.576. The van der Waals surface area contributed by atoms with Gasteiger partial charge in [0.05, 0.1) is 0 Å². The molecular formula is C7H12ClNO3. The highest BCUT2D eigenvalue weighted by atomic mass is 35.5. The standard InChI is InChI=1S/C7H11NO3.ClH/c9-6-10-5-7(11-6)2-1-3-8-4-7;/h8H,1-5H2;1H. The Hall–Kier alpha value is -0.480. The van der Waals surface area contributed by atoms with Crippen LogP contribution in [0.15, 0.2) is 0 Å². The van der Waals surface area contributed by atoms with Crippen LogP contribution in [0.1, 0.15) is 12.8 Å². The van der Waals surface area contributed by atoms with Crippen LogP contribution in [-0.2, 0) is 9.47 Å². The molecule has 2 rings (SSSR count). The van der Waals surface area contributed by atoms with E-state index in [1.165, 1.54) is 0 Å². The Bertz CT molecular complexity index is 179. The normalized spacial score (nSPS) is 33.8. The van der Waals surface area contributed by atoms with Gasteiger partial charge in [-0.3, -0.25) is 0 Å². The predicted octanol–water partition coefficient (Wildman–Crippen LogP) is 0.697. The number of ether oxygens (including phenoxy) is 2. The summed E-state index contributed by atoms with van der Waals surface area (Å²) in [5, 5.41) is 3.18. The largest absolute Gasteiger partial charge is 0.509 e. The van der Waals surface area contributed by atoms with Gasteiger partial charge in [0.25, 0.3) is 0 Å². The molecule has 2 heterocycles. The van der Waals surface area contributed by atoms with Gasteiger partial charge in [-0.15, -0.1) is 12.4 Å². The number of hydrogen-bond donors (Lipinski definition) is 1. The SMILES string of the molecule is Cl.O=C1OCC2(CCCNC2)O1. The topological polar surface area (TPSA) is 47.6 Å². The maximum Gasteiger partial charge on any atom is 0.509 e. The van der Waals surface area contributed by atoms with E-state index < -0.39 is 6.16 Å². The second-order valence-electron chi connectivity index (χ2n) is 3.10. The first kappa shape index (κ1) is 9.61. The molecule has 1 N–H and O–H groups in total. The number of nitrogens with one attached hydrogen (secondary N) is 1. The minimum atomic E-state index is -0.520. The third-order valence-electron chi connectivity index (χ3n) is 2.19. The van der Waals surface area contributed by atoms with Crippen molar-refractivity contribution in [3.05, 3.63) is 0 Å². The van der Waals surface area contributed by atoms with Crippen molar-refractivity contribution in [3.8, 4) is 0 Å². The average molecular weight is 194 g/mol. The zero-order valence-corrected chi connectivity index (χ0v) is 7.49. The van der Waals surface area contributed by atoms with Crippen molar-refractivity contribution in [3.63, 3.8) is 0 Å². The lowest BCUT2D eigenvalue weighted by Crippen LogP contribution is -2.47. The summed E-state index contributed by atoms with van der Waals surface area (Å²) in [6.45, 7) is 2.16. The average Bonchev–Trinajstić information content (AvgIpc) is 2.34. The molecule has 2 aliphatic rings. The first-order valence-electron chi connectivity index (χ1n) is 3.87. The molecule has 0 amide bonds. The molecular weight excluding hydrogens is 182 g/mol. The molecule has 2 saturated heterocycles. The molecule has 0 radical (unpaired) electrons. The summed E-state index contributed by atoms with van der Waals surface area (Å²) < 4.78 is 9.81. The fourth-order valence-electron chi connectivity index (χ4n) is 1.58. The molecule has 0 aromatic heterocycles. The number of carbonyl (C=O) groups excluding carboxylic acids is 1. The van der Waals surface area contributed by atoms with Crippen LogP contribution in [-0.4, -0.2) is 31.5 Å². The van der Waals surface area contributed by atoms with E-state index in [0.717, 1.165) is 25.9 Å². The van der Waals surface area contributed by atoms with E-state index in [1.54, 1.807) is 0 Å². The number of halogens is 1. The van der Waals surface area contributed by atoms with E-state index >= 15 is 0 Å². The summed E-state index contributed by atoms with van der Waals surface area (Å²) in [4.78, 5) is 10.6. The van der Waals surface area contributed by atoms with Crippen LogP contribution in [0.2, 0.25) is 0 Å². The highest BCUT2D eigenvalue weighted by molar-refractivity contribution is 5.85. The van der Waals surface area contributed by atoms with Gasteiger partial charge in [0.15, 0.2) is 5.60 Å². The fourth-order valence-corrected chi connectivity index (χ4v) is 1.58. The van der Waals surface area contributed by atoms with E-state index in [9.17, 15) is 4.79 Å². The molecule has 0 saturated carbocycles. The lowest BCUT2D eigenvalue weighted by Gasteiger charge is -2.29. The van der Waals surface area contributed by atoms with Gasteiger partial charge in [-0.05, 0) is 19.4 Å². The zero-order valence-electron chi connectivity index (χ0n) is 6.67. The summed E-state index contributed by atoms with van der Waals surface area (Å²) in [5.74, 6) is 0. The van der Waals surface area contributed by atoms with Gasteiger partial charge in [-0.2, -0.15) is 0 Å². The van der Waals surface area contributed by atoms with Gasteiger partial charge in [0.2, 0.25) is 0 Å². The third kappa shape index (κ3) is 1.64. The van der Waals surface area contributed by atoms with Crippen LogP contribution in [0.4, 0.5) is 4.79 Å². The van der Waals surface area contributed by atoms with Crippen molar-refractivity contribution in [2.75, 3.05) is 19.7 Å². The monoisotopic (exact) mass is 193 g/mol. The minimum absolute atomic E-state index is 0. The summed E-state index contributed by atoms with van der Waals surface area (Å²) in [7, 11) is 0. The molecule has 12 heavy (non-hydrogen) atoms. The van der Waals surface area contributed by atoms with Crippen molar-refractivity contribution in [1.82, 2.24) is 5.32 Å². The molecule has 2 fully saturated rings. The Morgan fingerprint density at radius 2 is 2.33 bits per heavy atom. The van der Waals surface area contributed by atoms with Crippen molar-refractivity contribution in [2.24, 2.45) is 0 Å². The van der Waals surface area contributed by atoms with Gasteiger partial charge in [0, 0.05) is 6.54 Å². The van der Waals surface area contributed by atoms with Crippen molar-refractivity contribution in [1.29, 1.82) is 0 Å². The molecule has 0 aliphatic carbocycles. The van der Waals surface area contributed by atoms with Crippen molar-refractivity contribution < 1.29 is 14.3 Å². The zero-order chi connectivity index (χ0) is 7.73. The van der Waals surface area contributed by atoms with Crippen molar-refractivity contribution in [2.45, 2.75) is 18.4 Å². The first-order chi connectivity index (χ1) is 5.31. The second-order valence-corrected chi connectivity index (χ2v) is 3.10. The van der Waals surface area contributed by atoms with Crippen LogP contribution in [0.5, 0.6) is 0 Å². The molecule has 0 aromatic carbocycles. The van der Waals surface area contributed by atoms with E-state index in [1.807, 2.05) is 0 Å². The lowest BCUT2D eigenvalue weighted by molar-refractivity contribution is 0.0366. The number of carbonyl (C=O) groups is 1. The number of cyclic esters (lactones) is 1. The van der Waals surface area contributed by atoms with E-state index in [4.69, 9.17) is 9.47 Å². The summed E-state index contributed by atoms with van der Waals surface area (Å²) in [5.41, 5.74) is -0.338. The van der Waals surface area contributed by atoms with Crippen LogP contribution in [0.25, 0.3) is 0 Å². The van der Waals surface area contributed by atoms with Gasteiger partial charge in [-0.1, -0.05) is 0 Å². The van der Waals surface area contributed by atoms with E-state index in [-0.39, 0.29) is 18.0 Å². The second kappa shape index (κ2) is 3.49. The third-order valence-corrected chi connectivity index (χ3v) is 2.19. The van der Waals surface area contributed by atoms with Gasteiger partial charge >= 0.3 is 6.16 Å². The molecule has 1 spiro atoms. The Morgan fingerprint density at radius 1 is 1.50 bits per heavy atom. The maximum absolute atomic E-state index is 10.6. The molecule has 0 aromatic rings. The summed E-state index contributed by atoms with van der Waals surface area (Å²) in [6, 6.07) is 0. The molecule has 2 aliphatic heterocycles. The van der Waals surface area contributed by atoms with Crippen LogP contribution >= 0.6 is 12.4 Å². The molecule has 70 valence electrons. The van der Waals surface area contributed by atoms with Crippen LogP contribution in [0.3, 0.4) is 0 Å². The Morgan fingerprint density at radius 3 is 2.83 bits per heavy atom. The smallest absolute Gasteiger partial charge is 0.430 e. The first-order valence-corrected chi connectivity index (χ1v) is 3.87. The Labute approximate surface area is 77.0 Å². The number of hydrogen-bond acceptors (Lipinski definition) is 4. The van der Waals surface area contributed by atoms with Crippen LogP contribution in [0, 0.1) is 0 Å². The van der Waals surface area contributed by atoms with Gasteiger partial charge < -0.3 is 14.8 Å². The number of piperidine rings is 1. The highest BCUT2D eigenvalue weighted by Gasteiger charge is 2.43. The van der Waals surface area contributed by atoms with E-state index in [2.05, 4.69) is 5.32 Å².